The third-order valence-corrected chi connectivity index (χ3v) is 9.16. The summed E-state index contributed by atoms with van der Waals surface area (Å²) in [4.78, 5) is 46.2. The normalized spacial score (nSPS) is 31.7. The van der Waals surface area contributed by atoms with Gasteiger partial charge in [-0.2, -0.15) is 0 Å². The molecule has 20 heteroatoms. The number of carboxylic acids is 1. The SMILES string of the molecule is CC(=O)NC1[C@H](O[C@@H]2C(OP(=O)(O)OC[C@@H](OCC=C(C)CCC=C(C)CCC=C(C)C)C(=O)O)OC(C(N)=O)C(O)[C@@H]2O)OC(CO)[C@@H](O)[C@@H]1N. The summed E-state index contributed by atoms with van der Waals surface area (Å²) >= 11 is 0. The molecule has 2 amide bonds. The number of aliphatic hydroxyl groups excluding tert-OH is 4. The Morgan fingerprint density at radius 1 is 0.923 bits per heavy atom. The number of allylic oxidation sites excluding steroid dienone is 5. The predicted molar refractivity (Wildman–Crippen MR) is 182 cm³/mol. The van der Waals surface area contributed by atoms with E-state index in [-0.39, 0.29) is 6.61 Å². The summed E-state index contributed by atoms with van der Waals surface area (Å²) in [5, 5.41) is 53.5. The molecule has 0 aliphatic carbocycles. The van der Waals surface area contributed by atoms with E-state index in [1.807, 2.05) is 20.8 Å². The molecule has 0 spiro atoms. The molecule has 2 rings (SSSR count). The maximum atomic E-state index is 13.0. The number of rotatable bonds is 20. The fraction of sp³-hybridized carbons (Fsp3) is 0.719. The fourth-order valence-corrected chi connectivity index (χ4v) is 6.08. The lowest BCUT2D eigenvalue weighted by atomic mass is 9.94. The van der Waals surface area contributed by atoms with E-state index in [0.717, 1.165) is 31.8 Å². The van der Waals surface area contributed by atoms with Crippen LogP contribution in [0, 0.1) is 0 Å². The highest BCUT2D eigenvalue weighted by Gasteiger charge is 2.53. The van der Waals surface area contributed by atoms with E-state index < -0.39 is 106 Å². The van der Waals surface area contributed by atoms with Crippen molar-refractivity contribution in [1.82, 2.24) is 5.32 Å². The molecule has 11 N–H and O–H groups in total. The number of carbonyl (C=O) groups is 3. The van der Waals surface area contributed by atoms with Crippen LogP contribution in [0.25, 0.3) is 0 Å². The zero-order valence-corrected chi connectivity index (χ0v) is 30.8. The zero-order valence-electron chi connectivity index (χ0n) is 29.9. The fourth-order valence-electron chi connectivity index (χ4n) is 5.26. The Balaban J connectivity index is 2.13. The number of aliphatic carboxylic acids is 1. The summed E-state index contributed by atoms with van der Waals surface area (Å²) in [5.41, 5.74) is 14.7. The molecule has 0 aromatic carbocycles. The first kappa shape index (κ1) is 45.5. The molecule has 0 aromatic heterocycles. The van der Waals surface area contributed by atoms with E-state index in [0.29, 0.717) is 6.42 Å². The van der Waals surface area contributed by atoms with Crippen molar-refractivity contribution in [3.05, 3.63) is 34.9 Å². The number of carboxylic acid groups (broad SMARTS) is 1. The minimum absolute atomic E-state index is 0.166. The molecular weight excluding hydrogens is 713 g/mol. The third kappa shape index (κ3) is 14.3. The van der Waals surface area contributed by atoms with Gasteiger partial charge < -0.3 is 66.2 Å². The number of hydrogen-bond donors (Lipinski definition) is 9. The Morgan fingerprint density at radius 2 is 1.54 bits per heavy atom. The first-order valence-electron chi connectivity index (χ1n) is 16.7. The molecule has 6 unspecified atom stereocenters. The first-order chi connectivity index (χ1) is 24.3. The summed E-state index contributed by atoms with van der Waals surface area (Å²) in [5.74, 6) is -3.49. The van der Waals surface area contributed by atoms with Crippen molar-refractivity contribution in [3.8, 4) is 0 Å². The van der Waals surface area contributed by atoms with Gasteiger partial charge in [-0.05, 0) is 53.4 Å². The van der Waals surface area contributed by atoms with Crippen LogP contribution in [0.2, 0.25) is 0 Å². The van der Waals surface area contributed by atoms with Crippen LogP contribution in [0.4, 0.5) is 0 Å². The van der Waals surface area contributed by atoms with Gasteiger partial charge in [0.05, 0.1) is 38.0 Å². The smallest absolute Gasteiger partial charge is 0.474 e. The molecule has 12 atom stereocenters. The van der Waals surface area contributed by atoms with E-state index in [9.17, 15) is 49.4 Å². The Bertz CT molecular complexity index is 1340. The van der Waals surface area contributed by atoms with Crippen molar-refractivity contribution in [1.29, 1.82) is 0 Å². The molecular formula is C32H54N3O16P. The van der Waals surface area contributed by atoms with Crippen LogP contribution >= 0.6 is 7.82 Å². The number of aliphatic hydroxyl groups is 4. The molecule has 52 heavy (non-hydrogen) atoms. The van der Waals surface area contributed by atoms with Crippen molar-refractivity contribution in [3.63, 3.8) is 0 Å². The van der Waals surface area contributed by atoms with Gasteiger partial charge in [-0.3, -0.25) is 18.6 Å². The van der Waals surface area contributed by atoms with Gasteiger partial charge in [0.15, 0.2) is 24.8 Å². The minimum atomic E-state index is -5.35. The number of hydrogen-bond acceptors (Lipinski definition) is 15. The van der Waals surface area contributed by atoms with Crippen LogP contribution < -0.4 is 16.8 Å². The average molecular weight is 768 g/mol. The first-order valence-corrected chi connectivity index (χ1v) is 18.2. The van der Waals surface area contributed by atoms with Gasteiger partial charge in [0.25, 0.3) is 0 Å². The molecule has 19 nitrogen and oxygen atoms in total. The van der Waals surface area contributed by atoms with Crippen LogP contribution in [0.15, 0.2) is 34.9 Å². The lowest BCUT2D eigenvalue weighted by molar-refractivity contribution is -0.332. The number of amides is 2. The Hall–Kier alpha value is -2.62. The lowest BCUT2D eigenvalue weighted by Gasteiger charge is -2.47. The molecule has 0 aromatic rings. The number of ether oxygens (including phenoxy) is 4. The van der Waals surface area contributed by atoms with Crippen LogP contribution in [0.1, 0.15) is 60.3 Å². The molecule has 2 aliphatic heterocycles. The molecule has 298 valence electrons. The predicted octanol–water partition coefficient (Wildman–Crippen LogP) is -0.764. The van der Waals surface area contributed by atoms with Gasteiger partial charge in [0, 0.05) is 6.92 Å². The van der Waals surface area contributed by atoms with E-state index in [1.165, 1.54) is 11.1 Å². The molecule has 0 saturated carbocycles. The number of phosphoric ester groups is 1. The highest BCUT2D eigenvalue weighted by atomic mass is 31.2. The second kappa shape index (κ2) is 21.3. The number of nitrogens with two attached hydrogens (primary N) is 2. The summed E-state index contributed by atoms with van der Waals surface area (Å²) in [7, 11) is -5.35. The van der Waals surface area contributed by atoms with Crippen LogP contribution in [-0.2, 0) is 46.9 Å². The highest BCUT2D eigenvalue weighted by molar-refractivity contribution is 7.47. The average Bonchev–Trinajstić information content (AvgIpc) is 3.04. The molecule has 2 fully saturated rings. The Labute approximate surface area is 302 Å². The summed E-state index contributed by atoms with van der Waals surface area (Å²) in [6.45, 7) is 7.17. The lowest BCUT2D eigenvalue weighted by Crippen LogP contribution is -2.70. The Morgan fingerprint density at radius 3 is 2.10 bits per heavy atom. The maximum absolute atomic E-state index is 13.0. The van der Waals surface area contributed by atoms with Crippen molar-refractivity contribution in [2.45, 2.75) is 128 Å². The highest BCUT2D eigenvalue weighted by Crippen LogP contribution is 2.47. The number of primary amides is 1. The minimum Gasteiger partial charge on any atom is -0.479 e. The van der Waals surface area contributed by atoms with Crippen molar-refractivity contribution in [2.24, 2.45) is 11.5 Å². The number of nitrogens with one attached hydrogen (secondary N) is 1. The second-order valence-electron chi connectivity index (χ2n) is 12.9. The van der Waals surface area contributed by atoms with Gasteiger partial charge in [0.2, 0.25) is 11.8 Å². The molecule has 2 saturated heterocycles. The third-order valence-electron chi connectivity index (χ3n) is 8.21. The standard InChI is InChI=1S/C32H54N3O16P/c1-16(2)8-6-9-17(3)10-7-11-18(4)12-13-46-21(30(42)43)15-47-52(44,45)51-32-28(26(40)25(39)27(49-32)29(34)41)50-31-23(35-19(5)37)22(33)24(38)20(14-36)48-31/h8,10,12,20-28,31-32,36,38-40H,6-7,9,11,13-15,33H2,1-5H3,(H2,34,41)(H,35,37)(H,42,43)(H,44,45)/t20?,21-,22-,23?,24-,25?,26+,27?,28+,31+,32?/m1/s1. The van der Waals surface area contributed by atoms with Gasteiger partial charge >= 0.3 is 13.8 Å². The van der Waals surface area contributed by atoms with Gasteiger partial charge in [-0.25, -0.2) is 9.36 Å². The van der Waals surface area contributed by atoms with Gasteiger partial charge in [-0.1, -0.05) is 34.9 Å². The summed E-state index contributed by atoms with van der Waals surface area (Å²) in [6, 6.07) is -2.66. The van der Waals surface area contributed by atoms with Crippen LogP contribution in [-0.4, -0.2) is 135 Å². The van der Waals surface area contributed by atoms with Crippen molar-refractivity contribution >= 4 is 25.6 Å². The zero-order chi connectivity index (χ0) is 39.3. The summed E-state index contributed by atoms with van der Waals surface area (Å²) < 4.78 is 44.8. The van der Waals surface area contributed by atoms with E-state index in [4.69, 9.17) is 39.5 Å². The van der Waals surface area contributed by atoms with E-state index >= 15 is 0 Å². The summed E-state index contributed by atoms with van der Waals surface area (Å²) in [6.07, 6.45) is -7.43. The maximum Gasteiger partial charge on any atom is 0.474 e. The van der Waals surface area contributed by atoms with Gasteiger partial charge in [-0.15, -0.1) is 0 Å². The topological polar surface area (TPSA) is 309 Å². The van der Waals surface area contributed by atoms with E-state index in [2.05, 4.69) is 24.4 Å². The van der Waals surface area contributed by atoms with E-state index in [1.54, 1.807) is 6.08 Å². The molecule has 0 bridgehead atoms. The second-order valence-corrected chi connectivity index (χ2v) is 14.3. The molecule has 2 aliphatic rings. The van der Waals surface area contributed by atoms with Crippen LogP contribution in [0.5, 0.6) is 0 Å². The van der Waals surface area contributed by atoms with Crippen LogP contribution in [0.3, 0.4) is 0 Å². The van der Waals surface area contributed by atoms with Crippen molar-refractivity contribution in [2.75, 3.05) is 19.8 Å². The molecule has 0 radical (unpaired) electrons. The van der Waals surface area contributed by atoms with Gasteiger partial charge in [0.1, 0.15) is 24.4 Å². The monoisotopic (exact) mass is 767 g/mol. The number of phosphoric acid groups is 1. The van der Waals surface area contributed by atoms with Crippen molar-refractivity contribution < 1.29 is 77.4 Å². The Kier molecular flexibility index (Phi) is 18.7. The quantitative estimate of drug-likeness (QED) is 0.0543. The molecule has 2 heterocycles. The largest absolute Gasteiger partial charge is 0.479 e. The number of carbonyl (C=O) groups excluding carboxylic acids is 2.